The number of nitrogens with one attached hydrogen (secondary N) is 1. The summed E-state index contributed by atoms with van der Waals surface area (Å²) in [6.45, 7) is 4.70. The number of hydrogen-bond donors (Lipinski definition) is 2. The second-order valence-electron chi connectivity index (χ2n) is 4.99. The van der Waals surface area contributed by atoms with Crippen LogP contribution in [0.4, 0.5) is 0 Å². The maximum absolute atomic E-state index is 11.8. The molecule has 1 atom stereocenters. The maximum atomic E-state index is 11.8. The van der Waals surface area contributed by atoms with Crippen LogP contribution < -0.4 is 5.32 Å². The van der Waals surface area contributed by atoms with Gasteiger partial charge in [0.15, 0.2) is 0 Å². The summed E-state index contributed by atoms with van der Waals surface area (Å²) in [5, 5.41) is 15.9. The second-order valence-corrected chi connectivity index (χ2v) is 4.99. The van der Waals surface area contributed by atoms with Crippen LogP contribution in [0.3, 0.4) is 0 Å². The number of carbonyl (C=O) groups is 2. The molecule has 7 nitrogen and oxygen atoms in total. The average molecular weight is 280 g/mol. The van der Waals surface area contributed by atoms with E-state index in [2.05, 4.69) is 17.3 Å². The van der Waals surface area contributed by atoms with Gasteiger partial charge in [-0.3, -0.25) is 19.2 Å². The van der Waals surface area contributed by atoms with E-state index in [1.165, 1.54) is 0 Å². The summed E-state index contributed by atoms with van der Waals surface area (Å²) in [7, 11) is 0. The van der Waals surface area contributed by atoms with E-state index < -0.39 is 12.0 Å². The Morgan fingerprint density at radius 3 is 3.10 bits per heavy atom. The molecule has 110 valence electrons. The first-order chi connectivity index (χ1) is 9.60. The third-order valence-corrected chi connectivity index (χ3v) is 3.33. The largest absolute Gasteiger partial charge is 0.481 e. The number of rotatable bonds is 6. The van der Waals surface area contributed by atoms with Crippen LogP contribution in [0.1, 0.15) is 25.3 Å². The summed E-state index contributed by atoms with van der Waals surface area (Å²) in [6, 6.07) is -0.601. The van der Waals surface area contributed by atoms with Gasteiger partial charge in [-0.05, 0) is 6.42 Å². The number of piperazine rings is 1. The normalized spacial score (nSPS) is 19.9. The lowest BCUT2D eigenvalue weighted by Crippen LogP contribution is -2.55. The van der Waals surface area contributed by atoms with E-state index in [1.54, 1.807) is 6.20 Å². The Hall–Kier alpha value is -1.89. The number of hydrogen-bond acceptors (Lipinski definition) is 4. The minimum absolute atomic E-state index is 0.172. The molecule has 2 heterocycles. The topological polar surface area (TPSA) is 87.5 Å². The lowest BCUT2D eigenvalue weighted by atomic mass is 10.1. The Morgan fingerprint density at radius 1 is 1.60 bits per heavy atom. The molecule has 1 aromatic heterocycles. The molecule has 1 saturated heterocycles. The highest BCUT2D eigenvalue weighted by molar-refractivity contribution is 5.86. The van der Waals surface area contributed by atoms with Crippen molar-refractivity contribution in [2.75, 3.05) is 13.1 Å². The molecule has 0 aliphatic carbocycles. The number of aryl methyl sites for hydroxylation is 1. The minimum Gasteiger partial charge on any atom is -0.481 e. The van der Waals surface area contributed by atoms with Crippen molar-refractivity contribution in [1.82, 2.24) is 20.0 Å². The molecular weight excluding hydrogens is 260 g/mol. The van der Waals surface area contributed by atoms with Gasteiger partial charge >= 0.3 is 5.97 Å². The number of carboxylic acid groups (broad SMARTS) is 1. The number of nitrogens with zero attached hydrogens (tertiary/aromatic N) is 3. The van der Waals surface area contributed by atoms with E-state index in [0.717, 1.165) is 18.5 Å². The molecule has 1 fully saturated rings. The number of amides is 1. The SMILES string of the molecule is CCCn1cc(CN2CCNC(=O)C2CC(=O)O)cn1. The number of aliphatic carboxylic acids is 1. The van der Waals surface area contributed by atoms with Gasteiger partial charge in [-0.1, -0.05) is 6.92 Å². The average Bonchev–Trinajstić information content (AvgIpc) is 2.81. The van der Waals surface area contributed by atoms with Gasteiger partial charge in [0.05, 0.1) is 12.6 Å². The molecule has 1 unspecified atom stereocenters. The van der Waals surface area contributed by atoms with Crippen LogP contribution in [-0.2, 0) is 22.7 Å². The quantitative estimate of drug-likeness (QED) is 0.770. The molecule has 1 aliphatic heterocycles. The molecule has 0 spiro atoms. The molecule has 2 rings (SSSR count). The van der Waals surface area contributed by atoms with Crippen molar-refractivity contribution in [2.24, 2.45) is 0 Å². The Bertz CT molecular complexity index is 486. The lowest BCUT2D eigenvalue weighted by Gasteiger charge is -2.33. The van der Waals surface area contributed by atoms with Crippen molar-refractivity contribution in [3.05, 3.63) is 18.0 Å². The Balaban J connectivity index is 2.03. The minimum atomic E-state index is -0.960. The van der Waals surface area contributed by atoms with Crippen LogP contribution in [0, 0.1) is 0 Å². The fraction of sp³-hybridized carbons (Fsp3) is 0.615. The summed E-state index contributed by atoms with van der Waals surface area (Å²) in [6.07, 6.45) is 4.57. The van der Waals surface area contributed by atoms with Gasteiger partial charge in [0.1, 0.15) is 6.04 Å². The molecule has 0 radical (unpaired) electrons. The number of carbonyl (C=O) groups excluding carboxylic acids is 1. The molecule has 0 saturated carbocycles. The number of aromatic nitrogens is 2. The van der Waals surface area contributed by atoms with Crippen molar-refractivity contribution in [2.45, 2.75) is 38.9 Å². The highest BCUT2D eigenvalue weighted by Gasteiger charge is 2.31. The molecule has 0 bridgehead atoms. The summed E-state index contributed by atoms with van der Waals surface area (Å²) in [5.41, 5.74) is 1.00. The van der Waals surface area contributed by atoms with Crippen LogP contribution in [0.5, 0.6) is 0 Å². The second kappa shape index (κ2) is 6.51. The first kappa shape index (κ1) is 14.5. The molecule has 1 amide bonds. The molecule has 20 heavy (non-hydrogen) atoms. The zero-order valence-corrected chi connectivity index (χ0v) is 11.6. The predicted octanol–water partition coefficient (Wildman–Crippen LogP) is 0.0682. The van der Waals surface area contributed by atoms with Gasteiger partial charge in [-0.15, -0.1) is 0 Å². The van der Waals surface area contributed by atoms with Gasteiger partial charge in [-0.25, -0.2) is 0 Å². The van der Waals surface area contributed by atoms with Crippen LogP contribution in [0.15, 0.2) is 12.4 Å². The Labute approximate surface area is 117 Å². The summed E-state index contributed by atoms with van der Waals surface area (Å²) < 4.78 is 1.87. The maximum Gasteiger partial charge on any atom is 0.305 e. The summed E-state index contributed by atoms with van der Waals surface area (Å²) in [5.74, 6) is -1.17. The monoisotopic (exact) mass is 280 g/mol. The predicted molar refractivity (Wildman–Crippen MR) is 72.0 cm³/mol. The molecule has 1 aromatic rings. The molecular formula is C13H20N4O3. The molecule has 1 aliphatic rings. The summed E-state index contributed by atoms with van der Waals surface area (Å²) in [4.78, 5) is 24.6. The van der Waals surface area contributed by atoms with Crippen molar-refractivity contribution >= 4 is 11.9 Å². The van der Waals surface area contributed by atoms with Gasteiger partial charge in [-0.2, -0.15) is 5.10 Å². The van der Waals surface area contributed by atoms with Crippen molar-refractivity contribution in [3.8, 4) is 0 Å². The van der Waals surface area contributed by atoms with E-state index in [0.29, 0.717) is 19.6 Å². The van der Waals surface area contributed by atoms with Crippen molar-refractivity contribution in [1.29, 1.82) is 0 Å². The highest BCUT2D eigenvalue weighted by Crippen LogP contribution is 2.13. The molecule has 2 N–H and O–H groups in total. The zero-order chi connectivity index (χ0) is 14.5. The van der Waals surface area contributed by atoms with Gasteiger partial charge in [0.25, 0.3) is 0 Å². The smallest absolute Gasteiger partial charge is 0.305 e. The van der Waals surface area contributed by atoms with E-state index in [9.17, 15) is 9.59 Å². The van der Waals surface area contributed by atoms with Crippen LogP contribution in [-0.4, -0.2) is 50.8 Å². The first-order valence-electron chi connectivity index (χ1n) is 6.85. The Morgan fingerprint density at radius 2 is 2.40 bits per heavy atom. The van der Waals surface area contributed by atoms with Gasteiger partial charge in [0, 0.05) is 37.9 Å². The fourth-order valence-corrected chi connectivity index (χ4v) is 2.41. The summed E-state index contributed by atoms with van der Waals surface area (Å²) >= 11 is 0. The lowest BCUT2D eigenvalue weighted by molar-refractivity contribution is -0.143. The molecule has 7 heteroatoms. The standard InChI is InChI=1S/C13H20N4O3/c1-2-4-17-9-10(7-15-17)8-16-5-3-14-13(20)11(16)6-12(18)19/h7,9,11H,2-6,8H2,1H3,(H,14,20)(H,18,19). The van der Waals surface area contributed by atoms with E-state index >= 15 is 0 Å². The van der Waals surface area contributed by atoms with Crippen LogP contribution in [0.2, 0.25) is 0 Å². The first-order valence-corrected chi connectivity index (χ1v) is 6.85. The van der Waals surface area contributed by atoms with E-state index in [-0.39, 0.29) is 12.3 Å². The highest BCUT2D eigenvalue weighted by atomic mass is 16.4. The van der Waals surface area contributed by atoms with Crippen LogP contribution >= 0.6 is 0 Å². The molecule has 0 aromatic carbocycles. The number of carboxylic acids is 1. The van der Waals surface area contributed by atoms with Gasteiger partial charge in [0.2, 0.25) is 5.91 Å². The van der Waals surface area contributed by atoms with Crippen molar-refractivity contribution in [3.63, 3.8) is 0 Å². The van der Waals surface area contributed by atoms with Crippen LogP contribution in [0.25, 0.3) is 0 Å². The van der Waals surface area contributed by atoms with E-state index in [4.69, 9.17) is 5.11 Å². The van der Waals surface area contributed by atoms with E-state index in [1.807, 2.05) is 15.8 Å². The third kappa shape index (κ3) is 3.57. The fourth-order valence-electron chi connectivity index (χ4n) is 2.41. The Kier molecular flexibility index (Phi) is 4.73. The zero-order valence-electron chi connectivity index (χ0n) is 11.6. The van der Waals surface area contributed by atoms with Crippen molar-refractivity contribution < 1.29 is 14.7 Å². The third-order valence-electron chi connectivity index (χ3n) is 3.33. The van der Waals surface area contributed by atoms with Gasteiger partial charge < -0.3 is 10.4 Å².